The standard InChI is InChI=1S/C35H54O6/c1-20(2)21(3)10-11-22(4)26-12-14-33(9)29-18-28(40-24(6)37)30-31(41-25(7)38)27(39-23(5)36)13-15-35(30)19-34(29,35)17-16-32(26,33)8/h20,22,26-31H,3,10-19H2,1-2,4-9H3/t22-,26-,27+,28+,29+,30+,31-,32-,33+,34+,35-/m1/s1. The maximum Gasteiger partial charge on any atom is 0.303 e. The van der Waals surface area contributed by atoms with Crippen LogP contribution in [-0.2, 0) is 28.6 Å². The van der Waals surface area contributed by atoms with Crippen molar-refractivity contribution < 1.29 is 28.6 Å². The fraction of sp³-hybridized carbons (Fsp3) is 0.857. The highest BCUT2D eigenvalue weighted by atomic mass is 16.6. The summed E-state index contributed by atoms with van der Waals surface area (Å²) in [6.07, 6.45) is 9.26. The summed E-state index contributed by atoms with van der Waals surface area (Å²) >= 11 is 0. The Hall–Kier alpha value is -1.85. The molecule has 11 atom stereocenters. The molecule has 0 unspecified atom stereocenters. The lowest BCUT2D eigenvalue weighted by Crippen LogP contribution is -2.62. The highest BCUT2D eigenvalue weighted by Crippen LogP contribution is 2.88. The highest BCUT2D eigenvalue weighted by molar-refractivity contribution is 5.68. The molecule has 5 aliphatic rings. The third-order valence-corrected chi connectivity index (χ3v) is 13.6. The van der Waals surface area contributed by atoms with Gasteiger partial charge < -0.3 is 14.2 Å². The minimum Gasteiger partial charge on any atom is -0.462 e. The van der Waals surface area contributed by atoms with Crippen molar-refractivity contribution in [1.82, 2.24) is 0 Å². The summed E-state index contributed by atoms with van der Waals surface area (Å²) < 4.78 is 17.9. The van der Waals surface area contributed by atoms with Gasteiger partial charge in [-0.2, -0.15) is 0 Å². The molecule has 0 aromatic rings. The van der Waals surface area contributed by atoms with Crippen LogP contribution in [0.5, 0.6) is 0 Å². The molecule has 0 aromatic heterocycles. The van der Waals surface area contributed by atoms with Crippen LogP contribution < -0.4 is 0 Å². The van der Waals surface area contributed by atoms with Gasteiger partial charge in [0.1, 0.15) is 18.3 Å². The Kier molecular flexibility index (Phi) is 7.76. The van der Waals surface area contributed by atoms with Crippen molar-refractivity contribution in [2.45, 2.75) is 138 Å². The van der Waals surface area contributed by atoms with E-state index in [1.807, 2.05) is 0 Å². The Morgan fingerprint density at radius 3 is 2.05 bits per heavy atom. The summed E-state index contributed by atoms with van der Waals surface area (Å²) in [5, 5.41) is 0. The van der Waals surface area contributed by atoms with Gasteiger partial charge in [0, 0.05) is 26.7 Å². The number of carbonyl (C=O) groups excluding carboxylic acids is 3. The summed E-state index contributed by atoms with van der Waals surface area (Å²) in [6.45, 7) is 20.8. The van der Waals surface area contributed by atoms with Crippen molar-refractivity contribution in [2.24, 2.45) is 51.2 Å². The van der Waals surface area contributed by atoms with E-state index in [-0.39, 0.29) is 51.6 Å². The van der Waals surface area contributed by atoms with Crippen LogP contribution >= 0.6 is 0 Å². The second-order valence-electron chi connectivity index (χ2n) is 15.5. The van der Waals surface area contributed by atoms with Crippen molar-refractivity contribution in [3.05, 3.63) is 12.2 Å². The van der Waals surface area contributed by atoms with E-state index in [0.717, 1.165) is 25.7 Å². The summed E-state index contributed by atoms with van der Waals surface area (Å²) in [7, 11) is 0. The van der Waals surface area contributed by atoms with Crippen molar-refractivity contribution in [3.63, 3.8) is 0 Å². The molecule has 0 aromatic carbocycles. The minimum atomic E-state index is -0.582. The minimum absolute atomic E-state index is 0.0458. The molecule has 5 aliphatic carbocycles. The van der Waals surface area contributed by atoms with E-state index in [9.17, 15) is 14.4 Å². The van der Waals surface area contributed by atoms with Crippen LogP contribution in [0, 0.1) is 51.2 Å². The van der Waals surface area contributed by atoms with E-state index in [0.29, 0.717) is 30.1 Å². The zero-order chi connectivity index (χ0) is 30.1. The average molecular weight is 571 g/mol. The van der Waals surface area contributed by atoms with Gasteiger partial charge in [-0.25, -0.2) is 0 Å². The van der Waals surface area contributed by atoms with Crippen molar-refractivity contribution >= 4 is 17.9 Å². The lowest BCUT2D eigenvalue weighted by atomic mass is 9.42. The lowest BCUT2D eigenvalue weighted by Gasteiger charge is -2.63. The summed E-state index contributed by atoms with van der Waals surface area (Å²) in [5.41, 5.74) is 1.89. The summed E-state index contributed by atoms with van der Waals surface area (Å²) in [4.78, 5) is 36.9. The van der Waals surface area contributed by atoms with Crippen molar-refractivity contribution in [2.75, 3.05) is 0 Å². The molecule has 0 aliphatic heterocycles. The van der Waals surface area contributed by atoms with Gasteiger partial charge in [0.25, 0.3) is 0 Å². The molecule has 41 heavy (non-hydrogen) atoms. The van der Waals surface area contributed by atoms with Gasteiger partial charge in [0.2, 0.25) is 0 Å². The number of ether oxygens (including phenoxy) is 3. The van der Waals surface area contributed by atoms with Gasteiger partial charge >= 0.3 is 17.9 Å². The van der Waals surface area contributed by atoms with Crippen LogP contribution in [0.1, 0.15) is 120 Å². The number of hydrogen-bond acceptors (Lipinski definition) is 6. The highest BCUT2D eigenvalue weighted by Gasteiger charge is 2.84. The van der Waals surface area contributed by atoms with Gasteiger partial charge in [0.15, 0.2) is 0 Å². The van der Waals surface area contributed by atoms with Crippen molar-refractivity contribution in [3.8, 4) is 0 Å². The second kappa shape index (κ2) is 10.4. The summed E-state index contributed by atoms with van der Waals surface area (Å²) in [5.74, 6) is 1.14. The monoisotopic (exact) mass is 570 g/mol. The smallest absolute Gasteiger partial charge is 0.303 e. The molecule has 0 saturated heterocycles. The molecular formula is C35H54O6. The van der Waals surface area contributed by atoms with Crippen LogP contribution in [0.15, 0.2) is 12.2 Å². The molecular weight excluding hydrogens is 516 g/mol. The van der Waals surface area contributed by atoms with Crippen molar-refractivity contribution in [1.29, 1.82) is 0 Å². The second-order valence-corrected chi connectivity index (χ2v) is 15.5. The molecule has 6 heteroatoms. The molecule has 0 N–H and O–H groups in total. The number of esters is 3. The predicted octanol–water partition coefficient (Wildman–Crippen LogP) is 7.43. The Morgan fingerprint density at radius 2 is 1.44 bits per heavy atom. The number of carbonyl (C=O) groups is 3. The molecule has 0 amide bonds. The van der Waals surface area contributed by atoms with Crippen LogP contribution in [-0.4, -0.2) is 36.2 Å². The Bertz CT molecular complexity index is 1100. The van der Waals surface area contributed by atoms with E-state index in [1.54, 1.807) is 0 Å². The number of hydrogen-bond donors (Lipinski definition) is 0. The first kappa shape index (κ1) is 30.6. The Balaban J connectivity index is 1.47. The van der Waals surface area contributed by atoms with Crippen LogP contribution in [0.4, 0.5) is 0 Å². The number of rotatable bonds is 8. The largest absolute Gasteiger partial charge is 0.462 e. The zero-order valence-corrected chi connectivity index (χ0v) is 26.8. The van der Waals surface area contributed by atoms with Crippen LogP contribution in [0.3, 0.4) is 0 Å². The zero-order valence-electron chi connectivity index (χ0n) is 26.8. The van der Waals surface area contributed by atoms with Gasteiger partial charge in [-0.3, -0.25) is 14.4 Å². The topological polar surface area (TPSA) is 78.9 Å². The number of fused-ring (bicyclic) bond motifs is 2. The van der Waals surface area contributed by atoms with Crippen LogP contribution in [0.25, 0.3) is 0 Å². The van der Waals surface area contributed by atoms with Gasteiger partial charge in [0.05, 0.1) is 0 Å². The van der Waals surface area contributed by atoms with E-state index >= 15 is 0 Å². The SMILES string of the molecule is C=C(CC[C@@H](C)[C@H]1CC[C@@]2(C)[C@@H]3C[C@H](OC(C)=O)[C@H]4[C@H](OC(C)=O)[C@@H](OC(C)=O)CC[C@@]45C[C@@]35CC[C@]12C)C(C)C. The molecule has 5 rings (SSSR count). The Morgan fingerprint density at radius 1 is 0.805 bits per heavy atom. The van der Waals surface area contributed by atoms with E-state index < -0.39 is 12.2 Å². The summed E-state index contributed by atoms with van der Waals surface area (Å²) in [6, 6.07) is 0. The molecule has 5 fully saturated rings. The quantitative estimate of drug-likeness (QED) is 0.172. The molecule has 0 bridgehead atoms. The third-order valence-electron chi connectivity index (χ3n) is 13.6. The molecule has 230 valence electrons. The maximum atomic E-state index is 12.5. The molecule has 2 spiro atoms. The first-order valence-electron chi connectivity index (χ1n) is 16.3. The van der Waals surface area contributed by atoms with Gasteiger partial charge in [-0.05, 0) is 110 Å². The predicted molar refractivity (Wildman–Crippen MR) is 158 cm³/mol. The fourth-order valence-corrected chi connectivity index (χ4v) is 11.4. The first-order chi connectivity index (χ1) is 19.1. The van der Waals surface area contributed by atoms with Gasteiger partial charge in [-0.15, -0.1) is 0 Å². The molecule has 0 radical (unpaired) electrons. The third kappa shape index (κ3) is 4.60. The van der Waals surface area contributed by atoms with Gasteiger partial charge in [-0.1, -0.05) is 46.8 Å². The van der Waals surface area contributed by atoms with Crippen LogP contribution in [0.2, 0.25) is 0 Å². The molecule has 0 heterocycles. The Labute approximate surface area is 247 Å². The van der Waals surface area contributed by atoms with E-state index in [4.69, 9.17) is 14.2 Å². The average Bonchev–Trinajstić information content (AvgIpc) is 3.44. The fourth-order valence-electron chi connectivity index (χ4n) is 11.4. The molecule has 5 saturated carbocycles. The normalized spacial score (nSPS) is 44.9. The number of allylic oxidation sites excluding steroid dienone is 1. The maximum absolute atomic E-state index is 12.5. The van der Waals surface area contributed by atoms with E-state index in [2.05, 4.69) is 41.2 Å². The molecule has 6 nitrogen and oxygen atoms in total. The van der Waals surface area contributed by atoms with E-state index in [1.165, 1.54) is 58.4 Å². The first-order valence-corrected chi connectivity index (χ1v) is 16.3. The lowest BCUT2D eigenvalue weighted by molar-refractivity contribution is -0.220.